The van der Waals surface area contributed by atoms with Gasteiger partial charge >= 0.3 is 6.03 Å². The first-order valence-electron chi connectivity index (χ1n) is 5.55. The molecule has 0 saturated carbocycles. The van der Waals surface area contributed by atoms with Gasteiger partial charge in [0, 0.05) is 35.8 Å². The third-order valence-electron chi connectivity index (χ3n) is 2.53. The number of hydrogen-bond acceptors (Lipinski definition) is 2. The zero-order chi connectivity index (χ0) is 13.0. The molecule has 0 spiro atoms. The molecule has 0 fully saturated rings. The van der Waals surface area contributed by atoms with Gasteiger partial charge in [-0.15, -0.1) is 0 Å². The molecule has 1 aromatic heterocycles. The van der Waals surface area contributed by atoms with Crippen LogP contribution in [0.4, 0.5) is 4.79 Å². The van der Waals surface area contributed by atoms with E-state index in [1.165, 1.54) is 0 Å². The molecule has 0 bridgehead atoms. The molecule has 0 aliphatic rings. The van der Waals surface area contributed by atoms with Gasteiger partial charge in [-0.2, -0.15) is 0 Å². The minimum atomic E-state index is -0.599. The van der Waals surface area contributed by atoms with E-state index in [0.29, 0.717) is 18.7 Å². The van der Waals surface area contributed by atoms with E-state index in [1.807, 2.05) is 24.4 Å². The highest BCUT2D eigenvalue weighted by Gasteiger charge is 2.05. The SMILES string of the molecule is NC(=O)NCCNC(=O)c1ccc2[nH]ccc2c1. The summed E-state index contributed by atoms with van der Waals surface area (Å²) in [6.45, 7) is 0.653. The molecule has 0 saturated heterocycles. The standard InChI is InChI=1S/C12H14N4O2/c13-12(18)16-6-5-15-11(17)9-1-2-10-8(7-9)3-4-14-10/h1-4,7,14H,5-6H2,(H,15,17)(H3,13,16,18). The summed E-state index contributed by atoms with van der Waals surface area (Å²) in [6.07, 6.45) is 1.82. The number of benzene rings is 1. The van der Waals surface area contributed by atoms with Crippen LogP contribution in [-0.2, 0) is 0 Å². The van der Waals surface area contributed by atoms with E-state index in [2.05, 4.69) is 15.6 Å². The zero-order valence-corrected chi connectivity index (χ0v) is 9.69. The summed E-state index contributed by atoms with van der Waals surface area (Å²) in [5.41, 5.74) is 6.48. The van der Waals surface area contributed by atoms with Gasteiger partial charge in [-0.25, -0.2) is 4.79 Å². The third kappa shape index (κ3) is 2.79. The Kier molecular flexibility index (Phi) is 3.47. The number of fused-ring (bicyclic) bond motifs is 1. The van der Waals surface area contributed by atoms with Gasteiger partial charge in [0.2, 0.25) is 0 Å². The first kappa shape index (κ1) is 12.0. The van der Waals surface area contributed by atoms with Gasteiger partial charge in [0.15, 0.2) is 0 Å². The van der Waals surface area contributed by atoms with Crippen molar-refractivity contribution in [2.45, 2.75) is 0 Å². The van der Waals surface area contributed by atoms with Gasteiger partial charge in [-0.3, -0.25) is 4.79 Å². The Hall–Kier alpha value is -2.50. The lowest BCUT2D eigenvalue weighted by atomic mass is 10.1. The predicted molar refractivity (Wildman–Crippen MR) is 68.2 cm³/mol. The number of hydrogen-bond donors (Lipinski definition) is 4. The van der Waals surface area contributed by atoms with Gasteiger partial charge < -0.3 is 21.4 Å². The average Bonchev–Trinajstić information content (AvgIpc) is 2.81. The number of nitrogens with two attached hydrogens (primary N) is 1. The molecular weight excluding hydrogens is 232 g/mol. The molecule has 1 aromatic carbocycles. The summed E-state index contributed by atoms with van der Waals surface area (Å²) in [7, 11) is 0. The van der Waals surface area contributed by atoms with Crippen LogP contribution in [-0.4, -0.2) is 30.0 Å². The number of aromatic nitrogens is 1. The number of carbonyl (C=O) groups is 2. The molecule has 0 atom stereocenters. The molecule has 2 rings (SSSR count). The number of nitrogens with one attached hydrogen (secondary N) is 3. The summed E-state index contributed by atoms with van der Waals surface area (Å²) in [6, 6.07) is 6.71. The molecule has 2 aromatic rings. The van der Waals surface area contributed by atoms with Crippen molar-refractivity contribution in [1.29, 1.82) is 0 Å². The monoisotopic (exact) mass is 246 g/mol. The van der Waals surface area contributed by atoms with Crippen LogP contribution in [0, 0.1) is 0 Å². The first-order valence-corrected chi connectivity index (χ1v) is 5.55. The van der Waals surface area contributed by atoms with Crippen LogP contribution in [0.2, 0.25) is 0 Å². The first-order chi connectivity index (χ1) is 8.66. The maximum Gasteiger partial charge on any atom is 0.312 e. The number of H-pyrrole nitrogens is 1. The van der Waals surface area contributed by atoms with E-state index in [1.54, 1.807) is 6.07 Å². The lowest BCUT2D eigenvalue weighted by molar-refractivity contribution is 0.0954. The number of urea groups is 1. The van der Waals surface area contributed by atoms with Crippen molar-refractivity contribution >= 4 is 22.8 Å². The smallest absolute Gasteiger partial charge is 0.312 e. The second-order valence-corrected chi connectivity index (χ2v) is 3.83. The fraction of sp³-hybridized carbons (Fsp3) is 0.167. The Morgan fingerprint density at radius 2 is 1.94 bits per heavy atom. The predicted octanol–water partition coefficient (Wildman–Crippen LogP) is 0.566. The Bertz CT molecular complexity index is 576. The molecule has 5 N–H and O–H groups in total. The highest BCUT2D eigenvalue weighted by molar-refractivity contribution is 5.98. The number of amides is 3. The second kappa shape index (κ2) is 5.22. The summed E-state index contributed by atoms with van der Waals surface area (Å²) < 4.78 is 0. The van der Waals surface area contributed by atoms with Crippen LogP contribution in [0.3, 0.4) is 0 Å². The van der Waals surface area contributed by atoms with Crippen molar-refractivity contribution in [3.05, 3.63) is 36.0 Å². The largest absolute Gasteiger partial charge is 0.361 e. The van der Waals surface area contributed by atoms with Gasteiger partial charge in [0.25, 0.3) is 5.91 Å². The van der Waals surface area contributed by atoms with E-state index in [9.17, 15) is 9.59 Å². The van der Waals surface area contributed by atoms with Gasteiger partial charge in [0.1, 0.15) is 0 Å². The summed E-state index contributed by atoms with van der Waals surface area (Å²) >= 11 is 0. The molecule has 1 heterocycles. The second-order valence-electron chi connectivity index (χ2n) is 3.83. The molecule has 0 unspecified atom stereocenters. The Morgan fingerprint density at radius 3 is 2.72 bits per heavy atom. The normalized spacial score (nSPS) is 10.2. The zero-order valence-electron chi connectivity index (χ0n) is 9.69. The average molecular weight is 246 g/mol. The van der Waals surface area contributed by atoms with Crippen LogP contribution in [0.5, 0.6) is 0 Å². The molecule has 94 valence electrons. The Morgan fingerprint density at radius 1 is 1.17 bits per heavy atom. The minimum absolute atomic E-state index is 0.177. The summed E-state index contributed by atoms with van der Waals surface area (Å²) in [4.78, 5) is 25.3. The van der Waals surface area contributed by atoms with Gasteiger partial charge in [0.05, 0.1) is 0 Å². The molecule has 3 amide bonds. The van der Waals surface area contributed by atoms with Crippen molar-refractivity contribution in [2.24, 2.45) is 5.73 Å². The third-order valence-corrected chi connectivity index (χ3v) is 2.53. The number of primary amides is 1. The van der Waals surface area contributed by atoms with Crippen molar-refractivity contribution in [2.75, 3.05) is 13.1 Å². The van der Waals surface area contributed by atoms with Crippen LogP contribution < -0.4 is 16.4 Å². The lowest BCUT2D eigenvalue weighted by Gasteiger charge is -2.05. The summed E-state index contributed by atoms with van der Waals surface area (Å²) in [5.74, 6) is -0.177. The molecule has 0 radical (unpaired) electrons. The minimum Gasteiger partial charge on any atom is -0.361 e. The fourth-order valence-corrected chi connectivity index (χ4v) is 1.66. The van der Waals surface area contributed by atoms with Crippen LogP contribution in [0.15, 0.2) is 30.5 Å². The molecular formula is C12H14N4O2. The maximum absolute atomic E-state index is 11.8. The number of aromatic amines is 1. The van der Waals surface area contributed by atoms with Crippen LogP contribution >= 0.6 is 0 Å². The van der Waals surface area contributed by atoms with Gasteiger partial charge in [-0.05, 0) is 24.3 Å². The van der Waals surface area contributed by atoms with Crippen LogP contribution in [0.25, 0.3) is 10.9 Å². The highest BCUT2D eigenvalue weighted by Crippen LogP contribution is 2.13. The lowest BCUT2D eigenvalue weighted by Crippen LogP contribution is -2.37. The van der Waals surface area contributed by atoms with Crippen molar-refractivity contribution in [1.82, 2.24) is 15.6 Å². The van der Waals surface area contributed by atoms with E-state index >= 15 is 0 Å². The fourth-order valence-electron chi connectivity index (χ4n) is 1.66. The van der Waals surface area contributed by atoms with E-state index in [0.717, 1.165) is 10.9 Å². The highest BCUT2D eigenvalue weighted by atomic mass is 16.2. The van der Waals surface area contributed by atoms with Crippen molar-refractivity contribution in [3.8, 4) is 0 Å². The summed E-state index contributed by atoms with van der Waals surface area (Å²) in [5, 5.41) is 6.07. The Balaban J connectivity index is 1.93. The maximum atomic E-state index is 11.8. The number of carbonyl (C=O) groups excluding carboxylic acids is 2. The van der Waals surface area contributed by atoms with Crippen LogP contribution in [0.1, 0.15) is 10.4 Å². The topological polar surface area (TPSA) is 100 Å². The van der Waals surface area contributed by atoms with E-state index in [4.69, 9.17) is 5.73 Å². The quantitative estimate of drug-likeness (QED) is 0.593. The molecule has 6 heteroatoms. The molecule has 18 heavy (non-hydrogen) atoms. The molecule has 6 nitrogen and oxygen atoms in total. The Labute approximate surface area is 104 Å². The number of rotatable bonds is 4. The van der Waals surface area contributed by atoms with E-state index < -0.39 is 6.03 Å². The van der Waals surface area contributed by atoms with Gasteiger partial charge in [-0.1, -0.05) is 0 Å². The van der Waals surface area contributed by atoms with Crippen molar-refractivity contribution in [3.63, 3.8) is 0 Å². The molecule has 0 aliphatic heterocycles. The van der Waals surface area contributed by atoms with Crippen molar-refractivity contribution < 1.29 is 9.59 Å². The molecule has 0 aliphatic carbocycles. The van der Waals surface area contributed by atoms with E-state index in [-0.39, 0.29) is 5.91 Å².